The molecule has 2 fully saturated rings. The summed E-state index contributed by atoms with van der Waals surface area (Å²) in [5.74, 6) is -2.35. The number of piperazine rings is 1. The minimum absolute atomic E-state index is 0.0702. The van der Waals surface area contributed by atoms with Crippen molar-refractivity contribution in [2.75, 3.05) is 52.5 Å². The van der Waals surface area contributed by atoms with Gasteiger partial charge in [0, 0.05) is 57.1 Å². The molecule has 4 rings (SSSR count). The fourth-order valence-electron chi connectivity index (χ4n) is 5.26. The van der Waals surface area contributed by atoms with Gasteiger partial charge in [-0.1, -0.05) is 6.07 Å². The molecular weight excluding hydrogens is 574 g/mol. The number of aliphatic carboxylic acids is 1. The molecule has 44 heavy (non-hydrogen) atoms. The highest BCUT2D eigenvalue weighted by atomic mass is 16.6. The number of fused-ring (bicyclic) bond motifs is 1. The van der Waals surface area contributed by atoms with Crippen molar-refractivity contribution >= 4 is 40.7 Å². The van der Waals surface area contributed by atoms with Crippen molar-refractivity contribution in [1.29, 1.82) is 0 Å². The number of hydrogen-bond donors (Lipinski definition) is 3. The number of piperidine rings is 1. The number of nitrogens with zero attached hydrogens (tertiary/aromatic N) is 4. The van der Waals surface area contributed by atoms with Crippen molar-refractivity contribution in [3.05, 3.63) is 35.5 Å². The Hall–Kier alpha value is -4.46. The van der Waals surface area contributed by atoms with E-state index in [1.165, 1.54) is 15.9 Å². The Morgan fingerprint density at radius 2 is 1.77 bits per heavy atom. The standard InChI is InChI=1S/C30H39N5O9/c1-3-43-30(42)34-13-11-33(12-14-34)29(41)22(8-9-27(38)39)32-28(40)24-16-25(21-7-6-19(2)15-23(21)31-24)44-18-26(37)35-10-4-5-20(36)17-35/h6-7,15-16,20,22,36H,3-5,8-14,17-18H2,1-2H3,(H,32,40)(H,38,39)/t20-,22+/m1/s1. The topological polar surface area (TPSA) is 179 Å². The Morgan fingerprint density at radius 1 is 1.05 bits per heavy atom. The van der Waals surface area contributed by atoms with Crippen LogP contribution in [0.2, 0.25) is 0 Å². The van der Waals surface area contributed by atoms with E-state index in [0.29, 0.717) is 30.3 Å². The lowest BCUT2D eigenvalue weighted by atomic mass is 10.1. The molecule has 0 bridgehead atoms. The summed E-state index contributed by atoms with van der Waals surface area (Å²) >= 11 is 0. The molecule has 2 saturated heterocycles. The molecule has 238 valence electrons. The van der Waals surface area contributed by atoms with E-state index in [1.54, 1.807) is 24.0 Å². The number of likely N-dealkylation sites (tertiary alicyclic amines) is 1. The highest BCUT2D eigenvalue weighted by Gasteiger charge is 2.31. The number of hydrogen-bond acceptors (Lipinski definition) is 9. The number of carboxylic acid groups (broad SMARTS) is 1. The van der Waals surface area contributed by atoms with E-state index in [2.05, 4.69) is 10.3 Å². The first-order valence-electron chi connectivity index (χ1n) is 14.8. The van der Waals surface area contributed by atoms with Crippen LogP contribution in [-0.2, 0) is 19.1 Å². The molecule has 4 amide bonds. The van der Waals surface area contributed by atoms with Crippen LogP contribution in [0.25, 0.3) is 10.9 Å². The third-order valence-electron chi connectivity index (χ3n) is 7.63. The fourth-order valence-corrected chi connectivity index (χ4v) is 5.26. The first-order chi connectivity index (χ1) is 21.0. The molecule has 1 aromatic heterocycles. The minimum atomic E-state index is -1.15. The molecule has 0 aliphatic carbocycles. The van der Waals surface area contributed by atoms with Gasteiger partial charge in [-0.15, -0.1) is 0 Å². The van der Waals surface area contributed by atoms with Crippen LogP contribution in [0.5, 0.6) is 5.75 Å². The summed E-state index contributed by atoms with van der Waals surface area (Å²) in [5.41, 5.74) is 1.25. The van der Waals surface area contributed by atoms with Crippen molar-refractivity contribution in [2.45, 2.75) is 51.7 Å². The number of nitrogens with one attached hydrogen (secondary N) is 1. The van der Waals surface area contributed by atoms with Gasteiger partial charge in [-0.25, -0.2) is 9.78 Å². The van der Waals surface area contributed by atoms with Gasteiger partial charge in [0.15, 0.2) is 6.61 Å². The smallest absolute Gasteiger partial charge is 0.409 e. The number of carboxylic acids is 1. The van der Waals surface area contributed by atoms with E-state index in [4.69, 9.17) is 9.47 Å². The van der Waals surface area contributed by atoms with Crippen molar-refractivity contribution < 1.29 is 43.7 Å². The number of aliphatic hydroxyl groups is 1. The van der Waals surface area contributed by atoms with E-state index < -0.39 is 36.0 Å². The van der Waals surface area contributed by atoms with Crippen LogP contribution in [0.4, 0.5) is 4.79 Å². The molecule has 0 radical (unpaired) electrons. The van der Waals surface area contributed by atoms with E-state index in [0.717, 1.165) is 5.56 Å². The van der Waals surface area contributed by atoms with Gasteiger partial charge in [0.1, 0.15) is 17.5 Å². The second kappa shape index (κ2) is 14.8. The highest BCUT2D eigenvalue weighted by Crippen LogP contribution is 2.27. The van der Waals surface area contributed by atoms with Gasteiger partial charge >= 0.3 is 12.1 Å². The lowest BCUT2D eigenvalue weighted by molar-refractivity contribution is -0.138. The van der Waals surface area contributed by atoms with Crippen LogP contribution in [0, 0.1) is 6.92 Å². The van der Waals surface area contributed by atoms with Crippen molar-refractivity contribution in [2.24, 2.45) is 0 Å². The largest absolute Gasteiger partial charge is 0.483 e. The summed E-state index contributed by atoms with van der Waals surface area (Å²) in [6.45, 7) is 5.12. The van der Waals surface area contributed by atoms with Crippen molar-refractivity contribution in [3.63, 3.8) is 0 Å². The number of rotatable bonds is 10. The Labute approximate surface area is 254 Å². The molecule has 3 heterocycles. The monoisotopic (exact) mass is 613 g/mol. The number of carbonyl (C=O) groups is 5. The van der Waals surface area contributed by atoms with Gasteiger partial charge in [-0.05, 0) is 50.8 Å². The first kappa shape index (κ1) is 32.5. The van der Waals surface area contributed by atoms with Crippen LogP contribution in [0.3, 0.4) is 0 Å². The summed E-state index contributed by atoms with van der Waals surface area (Å²) in [6.07, 6.45) is -0.225. The van der Waals surface area contributed by atoms with Crippen LogP contribution in [0.15, 0.2) is 24.3 Å². The van der Waals surface area contributed by atoms with Gasteiger partial charge in [-0.3, -0.25) is 19.2 Å². The maximum absolute atomic E-state index is 13.5. The molecule has 2 aliphatic heterocycles. The van der Waals surface area contributed by atoms with Crippen LogP contribution in [0.1, 0.15) is 48.7 Å². The minimum Gasteiger partial charge on any atom is -0.483 e. The number of amides is 4. The quantitative estimate of drug-likeness (QED) is 0.352. The number of benzene rings is 1. The number of ether oxygens (including phenoxy) is 2. The predicted molar refractivity (Wildman–Crippen MR) is 157 cm³/mol. The van der Waals surface area contributed by atoms with Crippen LogP contribution in [-0.4, -0.2) is 124 Å². The van der Waals surface area contributed by atoms with E-state index in [1.807, 2.05) is 13.0 Å². The molecule has 0 spiro atoms. The molecule has 2 atom stereocenters. The second-order valence-corrected chi connectivity index (χ2v) is 10.9. The number of carbonyl (C=O) groups excluding carboxylic acids is 4. The zero-order chi connectivity index (χ0) is 31.8. The van der Waals surface area contributed by atoms with E-state index in [9.17, 15) is 34.2 Å². The van der Waals surface area contributed by atoms with Crippen LogP contribution < -0.4 is 10.1 Å². The lowest BCUT2D eigenvalue weighted by Crippen LogP contribution is -2.56. The SMILES string of the molecule is CCOC(=O)N1CCN(C(=O)[C@H](CCC(=O)O)NC(=O)c2cc(OCC(=O)N3CCC[C@@H](O)C3)c3ccc(C)cc3n2)CC1. The zero-order valence-corrected chi connectivity index (χ0v) is 25.0. The number of β-amino-alcohol motifs (C(OH)–C–C–N with tert-alkyl or cyclic N) is 1. The Bertz CT molecular complexity index is 1390. The summed E-state index contributed by atoms with van der Waals surface area (Å²) in [5, 5.41) is 22.4. The van der Waals surface area contributed by atoms with E-state index in [-0.39, 0.29) is 76.1 Å². The lowest BCUT2D eigenvalue weighted by Gasteiger charge is -2.35. The highest BCUT2D eigenvalue weighted by molar-refractivity contribution is 5.99. The van der Waals surface area contributed by atoms with Gasteiger partial charge in [0.05, 0.1) is 18.2 Å². The fraction of sp³-hybridized carbons (Fsp3) is 0.533. The Kier molecular flexibility index (Phi) is 10.9. The molecule has 0 saturated carbocycles. The molecule has 14 heteroatoms. The number of aromatic nitrogens is 1. The molecule has 1 aromatic carbocycles. The molecule has 3 N–H and O–H groups in total. The van der Waals surface area contributed by atoms with Crippen molar-refractivity contribution in [3.8, 4) is 5.75 Å². The zero-order valence-electron chi connectivity index (χ0n) is 25.0. The third-order valence-corrected chi connectivity index (χ3v) is 7.63. The Morgan fingerprint density at radius 3 is 2.45 bits per heavy atom. The summed E-state index contributed by atoms with van der Waals surface area (Å²) in [6, 6.07) is 5.62. The van der Waals surface area contributed by atoms with Crippen LogP contribution >= 0.6 is 0 Å². The normalized spacial score (nSPS) is 17.6. The van der Waals surface area contributed by atoms with Crippen molar-refractivity contribution in [1.82, 2.24) is 25.0 Å². The third kappa shape index (κ3) is 8.34. The summed E-state index contributed by atoms with van der Waals surface area (Å²) < 4.78 is 10.9. The summed E-state index contributed by atoms with van der Waals surface area (Å²) in [4.78, 5) is 72.1. The maximum atomic E-state index is 13.5. The number of aliphatic hydroxyl groups excluding tert-OH is 1. The predicted octanol–water partition coefficient (Wildman–Crippen LogP) is 1.17. The average Bonchev–Trinajstić information content (AvgIpc) is 3.01. The molecule has 0 unspecified atom stereocenters. The number of aryl methyl sites for hydroxylation is 1. The first-order valence-corrected chi connectivity index (χ1v) is 14.8. The molecular formula is C30H39N5O9. The Balaban J connectivity index is 1.51. The summed E-state index contributed by atoms with van der Waals surface area (Å²) in [7, 11) is 0. The average molecular weight is 614 g/mol. The second-order valence-electron chi connectivity index (χ2n) is 10.9. The van der Waals surface area contributed by atoms with E-state index >= 15 is 0 Å². The van der Waals surface area contributed by atoms with Gasteiger partial charge < -0.3 is 39.7 Å². The van der Waals surface area contributed by atoms with Gasteiger partial charge in [0.2, 0.25) is 5.91 Å². The molecule has 14 nitrogen and oxygen atoms in total. The van der Waals surface area contributed by atoms with Gasteiger partial charge in [-0.2, -0.15) is 0 Å². The van der Waals surface area contributed by atoms with Gasteiger partial charge in [0.25, 0.3) is 11.8 Å². The maximum Gasteiger partial charge on any atom is 0.409 e. The molecule has 2 aromatic rings. The molecule has 2 aliphatic rings. The number of pyridine rings is 1.